The number of aliphatic hydroxyl groups is 1. The lowest BCUT2D eigenvalue weighted by molar-refractivity contribution is 0.0919. The molecule has 0 aromatic heterocycles. The van der Waals surface area contributed by atoms with Crippen molar-refractivity contribution in [3.05, 3.63) is 29.8 Å². The maximum atomic E-state index is 9.91. The van der Waals surface area contributed by atoms with Crippen molar-refractivity contribution in [3.8, 4) is 0 Å². The van der Waals surface area contributed by atoms with Crippen molar-refractivity contribution in [1.82, 2.24) is 0 Å². The predicted octanol–water partition coefficient (Wildman–Crippen LogP) is 2.41. The minimum Gasteiger partial charge on any atom is -0.387 e. The second kappa shape index (κ2) is 4.11. The van der Waals surface area contributed by atoms with Crippen LogP contribution in [0.1, 0.15) is 11.7 Å². The molecule has 0 bridgehead atoms. The summed E-state index contributed by atoms with van der Waals surface area (Å²) in [6.07, 6.45) is -0.640. The topological polar surface area (TPSA) is 29.5 Å². The number of aliphatic hydroxyl groups excluding tert-OH is 1. The van der Waals surface area contributed by atoms with Crippen molar-refractivity contribution in [1.29, 1.82) is 0 Å². The molecule has 76 valence electrons. The SMILES string of the molecule is CO[C@@H]1Sc2ccccc2[C@H](O)[C@H]1Cl. The quantitative estimate of drug-likeness (QED) is 0.752. The number of ether oxygens (including phenoxy) is 1. The van der Waals surface area contributed by atoms with Gasteiger partial charge in [-0.25, -0.2) is 0 Å². The van der Waals surface area contributed by atoms with E-state index in [9.17, 15) is 5.11 Å². The first kappa shape index (κ1) is 10.3. The molecule has 1 aliphatic rings. The van der Waals surface area contributed by atoms with Gasteiger partial charge in [-0.3, -0.25) is 0 Å². The minimum absolute atomic E-state index is 0.179. The monoisotopic (exact) mass is 230 g/mol. The number of thioether (sulfide) groups is 1. The van der Waals surface area contributed by atoms with Gasteiger partial charge in [-0.15, -0.1) is 11.6 Å². The lowest BCUT2D eigenvalue weighted by Crippen LogP contribution is -2.30. The smallest absolute Gasteiger partial charge is 0.126 e. The van der Waals surface area contributed by atoms with Crippen molar-refractivity contribution in [2.75, 3.05) is 7.11 Å². The van der Waals surface area contributed by atoms with Gasteiger partial charge in [0.15, 0.2) is 0 Å². The van der Waals surface area contributed by atoms with Crippen molar-refractivity contribution in [2.24, 2.45) is 0 Å². The van der Waals surface area contributed by atoms with E-state index in [0.29, 0.717) is 0 Å². The largest absolute Gasteiger partial charge is 0.387 e. The molecule has 1 aromatic rings. The molecular formula is C10H11ClO2S. The zero-order valence-corrected chi connectivity index (χ0v) is 9.26. The van der Waals surface area contributed by atoms with Crippen LogP contribution < -0.4 is 0 Å². The zero-order valence-electron chi connectivity index (χ0n) is 7.68. The first-order valence-electron chi connectivity index (χ1n) is 4.34. The summed E-state index contributed by atoms with van der Waals surface area (Å²) >= 11 is 7.62. The fraction of sp³-hybridized carbons (Fsp3) is 0.400. The molecule has 1 aromatic carbocycles. The fourth-order valence-electron chi connectivity index (χ4n) is 1.52. The van der Waals surface area contributed by atoms with E-state index in [2.05, 4.69) is 0 Å². The van der Waals surface area contributed by atoms with Gasteiger partial charge in [-0.1, -0.05) is 30.0 Å². The number of rotatable bonds is 1. The molecule has 0 spiro atoms. The molecule has 0 unspecified atom stereocenters. The molecule has 0 aliphatic carbocycles. The van der Waals surface area contributed by atoms with Gasteiger partial charge in [-0.2, -0.15) is 0 Å². The number of benzene rings is 1. The normalized spacial score (nSPS) is 31.2. The zero-order chi connectivity index (χ0) is 10.1. The molecule has 0 saturated carbocycles. The molecule has 0 saturated heterocycles. The standard InChI is InChI=1S/C10H11ClO2S/c1-13-10-8(11)9(12)6-4-2-3-5-7(6)14-10/h2-5,8-10,12H,1H3/t8-,9+,10-/m1/s1. The van der Waals surface area contributed by atoms with E-state index in [-0.39, 0.29) is 10.8 Å². The fourth-order valence-corrected chi connectivity index (χ4v) is 3.02. The highest BCUT2D eigenvalue weighted by Gasteiger charge is 2.34. The van der Waals surface area contributed by atoms with Crippen LogP contribution >= 0.6 is 23.4 Å². The Kier molecular flexibility index (Phi) is 3.02. The third-order valence-corrected chi connectivity index (χ3v) is 4.24. The van der Waals surface area contributed by atoms with Gasteiger partial charge >= 0.3 is 0 Å². The number of fused-ring (bicyclic) bond motifs is 1. The third kappa shape index (κ3) is 1.65. The first-order valence-corrected chi connectivity index (χ1v) is 5.66. The second-order valence-corrected chi connectivity index (χ2v) is 4.79. The van der Waals surface area contributed by atoms with Crippen LogP contribution in [-0.2, 0) is 4.74 Å². The van der Waals surface area contributed by atoms with Crippen LogP contribution in [0.15, 0.2) is 29.2 Å². The molecule has 1 heterocycles. The lowest BCUT2D eigenvalue weighted by atomic mass is 10.1. The van der Waals surface area contributed by atoms with Crippen molar-refractivity contribution >= 4 is 23.4 Å². The molecule has 4 heteroatoms. The molecule has 0 fully saturated rings. The Morgan fingerprint density at radius 1 is 1.43 bits per heavy atom. The average molecular weight is 231 g/mol. The van der Waals surface area contributed by atoms with Crippen LogP contribution in [0.4, 0.5) is 0 Å². The van der Waals surface area contributed by atoms with E-state index in [1.54, 1.807) is 18.9 Å². The molecule has 1 aliphatic heterocycles. The van der Waals surface area contributed by atoms with Crippen LogP contribution in [-0.4, -0.2) is 23.0 Å². The Bertz CT molecular complexity index is 332. The summed E-state index contributed by atoms with van der Waals surface area (Å²) in [5, 5.41) is 9.52. The Morgan fingerprint density at radius 2 is 2.14 bits per heavy atom. The van der Waals surface area contributed by atoms with Crippen molar-refractivity contribution in [3.63, 3.8) is 0 Å². The highest BCUT2D eigenvalue weighted by Crippen LogP contribution is 2.43. The highest BCUT2D eigenvalue weighted by molar-refractivity contribution is 8.00. The minimum atomic E-state index is -0.640. The summed E-state index contributed by atoms with van der Waals surface area (Å²) in [6, 6.07) is 7.71. The van der Waals surface area contributed by atoms with E-state index in [0.717, 1.165) is 10.5 Å². The van der Waals surface area contributed by atoms with Crippen LogP contribution in [0.2, 0.25) is 0 Å². The molecule has 2 nitrogen and oxygen atoms in total. The number of hydrogen-bond acceptors (Lipinski definition) is 3. The van der Waals surface area contributed by atoms with Gasteiger partial charge in [0.05, 0.1) is 11.5 Å². The molecule has 14 heavy (non-hydrogen) atoms. The first-order chi connectivity index (χ1) is 6.74. The summed E-state index contributed by atoms with van der Waals surface area (Å²) < 4.78 is 5.20. The van der Waals surface area contributed by atoms with E-state index in [4.69, 9.17) is 16.3 Å². The van der Waals surface area contributed by atoms with E-state index < -0.39 is 6.10 Å². The number of hydrogen-bond donors (Lipinski definition) is 1. The van der Waals surface area contributed by atoms with Gasteiger partial charge in [0.25, 0.3) is 0 Å². The number of alkyl halides is 1. The van der Waals surface area contributed by atoms with Crippen LogP contribution in [0.5, 0.6) is 0 Å². The molecule has 2 rings (SSSR count). The van der Waals surface area contributed by atoms with Gasteiger partial charge in [0, 0.05) is 12.0 Å². The molecule has 0 radical (unpaired) electrons. The Labute approximate surface area is 92.2 Å². The predicted molar refractivity (Wildman–Crippen MR) is 57.7 cm³/mol. The molecule has 3 atom stereocenters. The van der Waals surface area contributed by atoms with Gasteiger partial charge in [-0.05, 0) is 11.6 Å². The Hall–Kier alpha value is -0.220. The van der Waals surface area contributed by atoms with E-state index in [1.807, 2.05) is 24.3 Å². The summed E-state index contributed by atoms with van der Waals surface area (Å²) in [7, 11) is 1.60. The van der Waals surface area contributed by atoms with Crippen LogP contribution in [0, 0.1) is 0 Å². The molecule has 1 N–H and O–H groups in total. The molecule has 0 amide bonds. The third-order valence-electron chi connectivity index (χ3n) is 2.27. The number of methoxy groups -OCH3 is 1. The Balaban J connectivity index is 2.37. The van der Waals surface area contributed by atoms with E-state index in [1.165, 1.54) is 0 Å². The lowest BCUT2D eigenvalue weighted by Gasteiger charge is -2.31. The van der Waals surface area contributed by atoms with E-state index >= 15 is 0 Å². The van der Waals surface area contributed by atoms with Gasteiger partial charge in [0.2, 0.25) is 0 Å². The van der Waals surface area contributed by atoms with Crippen molar-refractivity contribution < 1.29 is 9.84 Å². The highest BCUT2D eigenvalue weighted by atomic mass is 35.5. The maximum absolute atomic E-state index is 9.91. The molecular weight excluding hydrogens is 220 g/mol. The van der Waals surface area contributed by atoms with Gasteiger partial charge in [0.1, 0.15) is 5.44 Å². The average Bonchev–Trinajstić information content (AvgIpc) is 2.23. The van der Waals surface area contributed by atoms with Gasteiger partial charge < -0.3 is 9.84 Å². The van der Waals surface area contributed by atoms with Crippen LogP contribution in [0.3, 0.4) is 0 Å². The van der Waals surface area contributed by atoms with Crippen molar-refractivity contribution in [2.45, 2.75) is 21.8 Å². The van der Waals surface area contributed by atoms with Crippen LogP contribution in [0.25, 0.3) is 0 Å². The summed E-state index contributed by atoms with van der Waals surface area (Å²) in [6.45, 7) is 0. The second-order valence-electron chi connectivity index (χ2n) is 3.15. The maximum Gasteiger partial charge on any atom is 0.126 e. The summed E-state index contributed by atoms with van der Waals surface area (Å²) in [4.78, 5) is 1.05. The summed E-state index contributed by atoms with van der Waals surface area (Å²) in [5.74, 6) is 0. The number of halogens is 1. The Morgan fingerprint density at radius 3 is 2.86 bits per heavy atom. The summed E-state index contributed by atoms with van der Waals surface area (Å²) in [5.41, 5.74) is 0.715.